The number of benzene rings is 1. The second kappa shape index (κ2) is 8.34. The Bertz CT molecular complexity index is 544. The van der Waals surface area contributed by atoms with Crippen molar-refractivity contribution in [1.82, 2.24) is 10.2 Å². The van der Waals surface area contributed by atoms with Gasteiger partial charge < -0.3 is 20.3 Å². The molecule has 2 rings (SSSR count). The first kappa shape index (κ1) is 18.5. The van der Waals surface area contributed by atoms with Gasteiger partial charge in [0.2, 0.25) is 0 Å². The number of anilines is 1. The van der Waals surface area contributed by atoms with Crippen LogP contribution in [0.2, 0.25) is 0 Å². The summed E-state index contributed by atoms with van der Waals surface area (Å²) in [5.74, 6) is 0. The van der Waals surface area contributed by atoms with Gasteiger partial charge in [0.25, 0.3) is 0 Å². The maximum Gasteiger partial charge on any atom is 0.418 e. The van der Waals surface area contributed by atoms with Gasteiger partial charge in [0.1, 0.15) is 0 Å². The summed E-state index contributed by atoms with van der Waals surface area (Å²) < 4.78 is 43.8. The molecule has 0 bridgehead atoms. The van der Waals surface area contributed by atoms with Crippen molar-refractivity contribution in [3.8, 4) is 0 Å². The highest BCUT2D eigenvalue weighted by molar-refractivity contribution is 5.90. The summed E-state index contributed by atoms with van der Waals surface area (Å²) in [5, 5.41) is 5.05. The van der Waals surface area contributed by atoms with Gasteiger partial charge in [-0.25, -0.2) is 4.79 Å². The minimum absolute atomic E-state index is 0.0400. The number of carbonyl (C=O) groups excluding carboxylic acids is 1. The number of likely N-dealkylation sites (tertiary alicyclic amines) is 1. The molecule has 134 valence electrons. The second-order valence-electron chi connectivity index (χ2n) is 5.75. The average molecular weight is 345 g/mol. The van der Waals surface area contributed by atoms with Gasteiger partial charge in [-0.1, -0.05) is 12.1 Å². The number of methoxy groups -OCH3 is 1. The number of ether oxygens (including phenoxy) is 1. The zero-order valence-electron chi connectivity index (χ0n) is 13.5. The molecule has 1 aromatic carbocycles. The zero-order valence-corrected chi connectivity index (χ0v) is 13.5. The lowest BCUT2D eigenvalue weighted by molar-refractivity contribution is -0.136. The monoisotopic (exact) mass is 345 g/mol. The van der Waals surface area contributed by atoms with Crippen LogP contribution in [0.4, 0.5) is 23.7 Å². The van der Waals surface area contributed by atoms with E-state index in [1.165, 1.54) is 18.2 Å². The summed E-state index contributed by atoms with van der Waals surface area (Å²) in [7, 11) is 1.65. The maximum absolute atomic E-state index is 12.9. The minimum Gasteiger partial charge on any atom is -0.383 e. The van der Waals surface area contributed by atoms with Crippen LogP contribution in [0.25, 0.3) is 0 Å². The minimum atomic E-state index is -4.50. The van der Waals surface area contributed by atoms with Crippen molar-refractivity contribution in [2.45, 2.75) is 25.1 Å². The first-order valence-electron chi connectivity index (χ1n) is 7.85. The number of nitrogens with one attached hydrogen (secondary N) is 2. The van der Waals surface area contributed by atoms with Crippen LogP contribution in [0.15, 0.2) is 24.3 Å². The number of halogens is 3. The molecule has 8 heteroatoms. The van der Waals surface area contributed by atoms with Gasteiger partial charge in [-0.05, 0) is 25.0 Å². The van der Waals surface area contributed by atoms with E-state index < -0.39 is 17.8 Å². The number of hydrogen-bond acceptors (Lipinski definition) is 3. The van der Waals surface area contributed by atoms with Gasteiger partial charge in [-0.2, -0.15) is 13.2 Å². The Kier molecular flexibility index (Phi) is 6.44. The van der Waals surface area contributed by atoms with Crippen LogP contribution in [-0.2, 0) is 10.9 Å². The highest BCUT2D eigenvalue weighted by Gasteiger charge is 2.33. The van der Waals surface area contributed by atoms with Crippen LogP contribution in [-0.4, -0.2) is 50.3 Å². The van der Waals surface area contributed by atoms with Gasteiger partial charge >= 0.3 is 12.2 Å². The third-order valence-electron chi connectivity index (χ3n) is 4.02. The third kappa shape index (κ3) is 5.38. The molecular formula is C16H22F3N3O2. The van der Waals surface area contributed by atoms with E-state index in [0.717, 1.165) is 38.5 Å². The molecule has 1 fully saturated rings. The van der Waals surface area contributed by atoms with E-state index >= 15 is 0 Å². The molecule has 1 aliphatic rings. The van der Waals surface area contributed by atoms with Crippen molar-refractivity contribution in [2.24, 2.45) is 0 Å². The number of rotatable bonds is 5. The fraction of sp³-hybridized carbons (Fsp3) is 0.562. The molecule has 0 saturated carbocycles. The van der Waals surface area contributed by atoms with E-state index in [1.54, 1.807) is 7.11 Å². The van der Waals surface area contributed by atoms with Crippen LogP contribution in [0.1, 0.15) is 18.4 Å². The molecule has 1 saturated heterocycles. The van der Waals surface area contributed by atoms with Crippen LogP contribution >= 0.6 is 0 Å². The Hall–Kier alpha value is -1.80. The Balaban J connectivity index is 1.85. The van der Waals surface area contributed by atoms with Crippen molar-refractivity contribution in [1.29, 1.82) is 0 Å². The van der Waals surface area contributed by atoms with Crippen LogP contribution in [0.3, 0.4) is 0 Å². The summed E-state index contributed by atoms with van der Waals surface area (Å²) in [6.07, 6.45) is -2.98. The molecule has 1 aliphatic heterocycles. The normalized spacial score (nSPS) is 16.8. The molecule has 24 heavy (non-hydrogen) atoms. The lowest BCUT2D eigenvalue weighted by Gasteiger charge is -2.32. The van der Waals surface area contributed by atoms with Gasteiger partial charge in [-0.3, -0.25) is 0 Å². The first-order valence-corrected chi connectivity index (χ1v) is 7.85. The fourth-order valence-corrected chi connectivity index (χ4v) is 2.70. The molecule has 0 atom stereocenters. The Morgan fingerprint density at radius 3 is 2.58 bits per heavy atom. The molecular weight excluding hydrogens is 323 g/mol. The molecule has 1 heterocycles. The largest absolute Gasteiger partial charge is 0.418 e. The quantitative estimate of drug-likeness (QED) is 0.863. The van der Waals surface area contributed by atoms with Gasteiger partial charge in [-0.15, -0.1) is 0 Å². The van der Waals surface area contributed by atoms with Crippen molar-refractivity contribution in [3.05, 3.63) is 29.8 Å². The topological polar surface area (TPSA) is 53.6 Å². The SMILES string of the molecule is COCCN1CCC(NC(=O)Nc2ccccc2C(F)(F)F)CC1. The summed E-state index contributed by atoms with van der Waals surface area (Å²) in [4.78, 5) is 14.2. The molecule has 0 unspecified atom stereocenters. The summed E-state index contributed by atoms with van der Waals surface area (Å²) >= 11 is 0. The number of nitrogens with zero attached hydrogens (tertiary/aromatic N) is 1. The molecule has 0 radical (unpaired) electrons. The maximum atomic E-state index is 12.9. The number of urea groups is 1. The molecule has 2 amide bonds. The summed E-state index contributed by atoms with van der Waals surface area (Å²) in [5.41, 5.74) is -1.09. The van der Waals surface area contributed by atoms with Crippen molar-refractivity contribution >= 4 is 11.7 Å². The highest BCUT2D eigenvalue weighted by Crippen LogP contribution is 2.34. The Morgan fingerprint density at radius 1 is 1.29 bits per heavy atom. The lowest BCUT2D eigenvalue weighted by Crippen LogP contribution is -2.46. The molecule has 0 aliphatic carbocycles. The van der Waals surface area contributed by atoms with Crippen LogP contribution < -0.4 is 10.6 Å². The first-order chi connectivity index (χ1) is 11.4. The van der Waals surface area contributed by atoms with E-state index in [-0.39, 0.29) is 11.7 Å². The van der Waals surface area contributed by atoms with Crippen molar-refractivity contribution < 1.29 is 22.7 Å². The van der Waals surface area contributed by atoms with Gasteiger partial charge in [0, 0.05) is 32.8 Å². The van der Waals surface area contributed by atoms with E-state index in [4.69, 9.17) is 4.74 Å². The predicted molar refractivity (Wildman–Crippen MR) is 84.9 cm³/mol. The molecule has 0 aromatic heterocycles. The molecule has 0 spiro atoms. The number of amides is 2. The van der Waals surface area contributed by atoms with Gasteiger partial charge in [0.15, 0.2) is 0 Å². The number of piperidine rings is 1. The Labute approximate surface area is 139 Å². The lowest BCUT2D eigenvalue weighted by atomic mass is 10.1. The number of alkyl halides is 3. The van der Waals surface area contributed by atoms with E-state index in [1.807, 2.05) is 0 Å². The highest BCUT2D eigenvalue weighted by atomic mass is 19.4. The van der Waals surface area contributed by atoms with E-state index in [9.17, 15) is 18.0 Å². The molecule has 5 nitrogen and oxygen atoms in total. The standard InChI is InChI=1S/C16H22F3N3O2/c1-24-11-10-22-8-6-12(7-9-22)20-15(23)21-14-5-3-2-4-13(14)16(17,18)19/h2-5,12H,6-11H2,1H3,(H2,20,21,23). The number of carbonyl (C=O) groups is 1. The van der Waals surface area contributed by atoms with Crippen LogP contribution in [0, 0.1) is 0 Å². The average Bonchev–Trinajstić information content (AvgIpc) is 2.53. The Morgan fingerprint density at radius 2 is 1.96 bits per heavy atom. The summed E-state index contributed by atoms with van der Waals surface area (Å²) in [6.45, 7) is 3.15. The van der Waals surface area contributed by atoms with Crippen molar-refractivity contribution in [2.75, 3.05) is 38.7 Å². The van der Waals surface area contributed by atoms with Crippen LogP contribution in [0.5, 0.6) is 0 Å². The smallest absolute Gasteiger partial charge is 0.383 e. The third-order valence-corrected chi connectivity index (χ3v) is 4.02. The molecule has 2 N–H and O–H groups in total. The predicted octanol–water partition coefficient (Wildman–Crippen LogP) is 2.94. The van der Waals surface area contributed by atoms with E-state index in [2.05, 4.69) is 15.5 Å². The number of hydrogen-bond donors (Lipinski definition) is 2. The van der Waals surface area contributed by atoms with E-state index in [0.29, 0.717) is 6.61 Å². The zero-order chi connectivity index (χ0) is 17.6. The number of para-hydroxylation sites is 1. The summed E-state index contributed by atoms with van der Waals surface area (Å²) in [6, 6.07) is 4.30. The molecule has 1 aromatic rings. The van der Waals surface area contributed by atoms with Gasteiger partial charge in [0.05, 0.1) is 17.9 Å². The fourth-order valence-electron chi connectivity index (χ4n) is 2.70. The second-order valence-corrected chi connectivity index (χ2v) is 5.75. The van der Waals surface area contributed by atoms with Crippen molar-refractivity contribution in [3.63, 3.8) is 0 Å².